The molecule has 0 bridgehead atoms. The third kappa shape index (κ3) is 3.85. The topological polar surface area (TPSA) is 29.9 Å². The molecule has 3 heteroatoms. The molecule has 0 amide bonds. The van der Waals surface area contributed by atoms with E-state index in [0.29, 0.717) is 12.0 Å². The highest BCUT2D eigenvalue weighted by Gasteiger charge is 2.31. The summed E-state index contributed by atoms with van der Waals surface area (Å²) in [5.41, 5.74) is 1.47. The standard InChI is InChI=1S/C17H31N3/c1-5-10-20-17(8-9-19-20)16-11-14(4)6-7-15(16)12-18-13(2)3/h8-9,13-16,18H,5-7,10-12H2,1-4H3. The smallest absolute Gasteiger partial charge is 0.0492 e. The van der Waals surface area contributed by atoms with E-state index in [1.54, 1.807) is 0 Å². The van der Waals surface area contributed by atoms with E-state index in [4.69, 9.17) is 0 Å². The summed E-state index contributed by atoms with van der Waals surface area (Å²) in [6.45, 7) is 11.3. The molecule has 1 aromatic rings. The summed E-state index contributed by atoms with van der Waals surface area (Å²) in [4.78, 5) is 0. The summed E-state index contributed by atoms with van der Waals surface area (Å²) in [5, 5.41) is 8.18. The Balaban J connectivity index is 2.12. The first-order chi connectivity index (χ1) is 9.61. The van der Waals surface area contributed by atoms with Gasteiger partial charge in [0.2, 0.25) is 0 Å². The minimum Gasteiger partial charge on any atom is -0.314 e. The maximum absolute atomic E-state index is 4.53. The minimum atomic E-state index is 0.579. The van der Waals surface area contributed by atoms with E-state index in [1.165, 1.54) is 25.0 Å². The normalized spacial score (nSPS) is 27.1. The third-order valence-electron chi connectivity index (χ3n) is 4.61. The van der Waals surface area contributed by atoms with E-state index in [0.717, 1.165) is 31.3 Å². The zero-order valence-electron chi connectivity index (χ0n) is 13.6. The van der Waals surface area contributed by atoms with E-state index < -0.39 is 0 Å². The summed E-state index contributed by atoms with van der Waals surface area (Å²) in [5.74, 6) is 2.29. The quantitative estimate of drug-likeness (QED) is 0.857. The molecular formula is C17H31N3. The van der Waals surface area contributed by atoms with E-state index >= 15 is 0 Å². The molecule has 1 fully saturated rings. The summed E-state index contributed by atoms with van der Waals surface area (Å²) >= 11 is 0. The van der Waals surface area contributed by atoms with Crippen LogP contribution in [-0.2, 0) is 6.54 Å². The summed E-state index contributed by atoms with van der Waals surface area (Å²) in [6, 6.07) is 2.83. The first kappa shape index (κ1) is 15.6. The van der Waals surface area contributed by atoms with Crippen molar-refractivity contribution < 1.29 is 0 Å². The highest BCUT2D eigenvalue weighted by molar-refractivity contribution is 5.11. The van der Waals surface area contributed by atoms with Crippen molar-refractivity contribution >= 4 is 0 Å². The van der Waals surface area contributed by atoms with E-state index in [1.807, 2.05) is 6.20 Å². The largest absolute Gasteiger partial charge is 0.314 e. The summed E-state index contributed by atoms with van der Waals surface area (Å²) < 4.78 is 2.24. The number of hydrogen-bond donors (Lipinski definition) is 1. The van der Waals surface area contributed by atoms with E-state index in [-0.39, 0.29) is 0 Å². The number of nitrogens with zero attached hydrogens (tertiary/aromatic N) is 2. The molecule has 3 atom stereocenters. The lowest BCUT2D eigenvalue weighted by Gasteiger charge is -2.36. The van der Waals surface area contributed by atoms with Crippen LogP contribution in [0.1, 0.15) is 65.0 Å². The second kappa shape index (κ2) is 7.26. The fraction of sp³-hybridized carbons (Fsp3) is 0.824. The Hall–Kier alpha value is -0.830. The lowest BCUT2D eigenvalue weighted by molar-refractivity contribution is 0.229. The molecule has 0 aromatic carbocycles. The molecule has 1 heterocycles. The van der Waals surface area contributed by atoms with Gasteiger partial charge in [0.05, 0.1) is 0 Å². The fourth-order valence-electron chi connectivity index (χ4n) is 3.49. The fourth-order valence-corrected chi connectivity index (χ4v) is 3.49. The first-order valence-corrected chi connectivity index (χ1v) is 8.36. The monoisotopic (exact) mass is 277 g/mol. The van der Waals surface area contributed by atoms with Crippen LogP contribution < -0.4 is 5.32 Å². The predicted molar refractivity (Wildman–Crippen MR) is 84.9 cm³/mol. The van der Waals surface area contributed by atoms with Gasteiger partial charge in [0.1, 0.15) is 0 Å². The molecular weight excluding hydrogens is 246 g/mol. The Morgan fingerprint density at radius 2 is 2.20 bits per heavy atom. The van der Waals surface area contributed by atoms with Crippen molar-refractivity contribution in [2.75, 3.05) is 6.54 Å². The summed E-state index contributed by atoms with van der Waals surface area (Å²) in [6.07, 6.45) is 7.19. The van der Waals surface area contributed by atoms with Crippen LogP contribution in [0.3, 0.4) is 0 Å². The van der Waals surface area contributed by atoms with Gasteiger partial charge in [-0.05, 0) is 43.7 Å². The molecule has 1 saturated carbocycles. The van der Waals surface area contributed by atoms with Crippen molar-refractivity contribution in [3.05, 3.63) is 18.0 Å². The van der Waals surface area contributed by atoms with Crippen LogP contribution in [0.2, 0.25) is 0 Å². The Labute approximate surface area is 124 Å². The third-order valence-corrected chi connectivity index (χ3v) is 4.61. The highest BCUT2D eigenvalue weighted by atomic mass is 15.3. The van der Waals surface area contributed by atoms with Gasteiger partial charge < -0.3 is 5.32 Å². The molecule has 1 N–H and O–H groups in total. The summed E-state index contributed by atoms with van der Waals surface area (Å²) in [7, 11) is 0. The molecule has 20 heavy (non-hydrogen) atoms. The van der Waals surface area contributed by atoms with Gasteiger partial charge in [-0.25, -0.2) is 0 Å². The van der Waals surface area contributed by atoms with Gasteiger partial charge in [0.25, 0.3) is 0 Å². The van der Waals surface area contributed by atoms with Crippen molar-refractivity contribution in [3.8, 4) is 0 Å². The molecule has 1 aliphatic carbocycles. The van der Waals surface area contributed by atoms with Gasteiger partial charge in [0.15, 0.2) is 0 Å². The molecule has 1 aromatic heterocycles. The van der Waals surface area contributed by atoms with Crippen LogP contribution >= 0.6 is 0 Å². The SMILES string of the molecule is CCCn1nccc1C1CC(C)CCC1CNC(C)C. The molecule has 3 nitrogen and oxygen atoms in total. The maximum Gasteiger partial charge on any atom is 0.0492 e. The van der Waals surface area contributed by atoms with Crippen molar-refractivity contribution in [2.45, 2.75) is 71.9 Å². The second-order valence-corrected chi connectivity index (χ2v) is 6.83. The predicted octanol–water partition coefficient (Wildman–Crippen LogP) is 3.81. The minimum absolute atomic E-state index is 0.579. The van der Waals surface area contributed by atoms with Gasteiger partial charge in [-0.15, -0.1) is 0 Å². The Morgan fingerprint density at radius 3 is 2.90 bits per heavy atom. The molecule has 2 rings (SSSR count). The highest BCUT2D eigenvalue weighted by Crippen LogP contribution is 2.40. The number of nitrogens with one attached hydrogen (secondary N) is 1. The molecule has 0 spiro atoms. The van der Waals surface area contributed by atoms with E-state index in [2.05, 4.69) is 48.9 Å². The van der Waals surface area contributed by atoms with Gasteiger partial charge in [-0.2, -0.15) is 5.10 Å². The number of hydrogen-bond acceptors (Lipinski definition) is 2. The molecule has 0 saturated heterocycles. The zero-order valence-corrected chi connectivity index (χ0v) is 13.6. The zero-order chi connectivity index (χ0) is 14.5. The average Bonchev–Trinajstić information content (AvgIpc) is 2.85. The van der Waals surface area contributed by atoms with Gasteiger partial charge in [-0.3, -0.25) is 4.68 Å². The van der Waals surface area contributed by atoms with Gasteiger partial charge >= 0.3 is 0 Å². The number of aromatic nitrogens is 2. The second-order valence-electron chi connectivity index (χ2n) is 6.83. The van der Waals surface area contributed by atoms with Crippen LogP contribution in [0, 0.1) is 11.8 Å². The van der Waals surface area contributed by atoms with Crippen LogP contribution in [0.5, 0.6) is 0 Å². The molecule has 1 aliphatic rings. The number of aryl methyl sites for hydroxylation is 1. The maximum atomic E-state index is 4.53. The molecule has 114 valence electrons. The van der Waals surface area contributed by atoms with Crippen LogP contribution in [0.4, 0.5) is 0 Å². The molecule has 3 unspecified atom stereocenters. The van der Waals surface area contributed by atoms with Crippen molar-refractivity contribution in [2.24, 2.45) is 11.8 Å². The van der Waals surface area contributed by atoms with Crippen LogP contribution in [0.15, 0.2) is 12.3 Å². The van der Waals surface area contributed by atoms with Gasteiger partial charge in [0, 0.05) is 30.4 Å². The number of rotatable bonds is 6. The molecule has 0 radical (unpaired) electrons. The van der Waals surface area contributed by atoms with Gasteiger partial charge in [-0.1, -0.05) is 34.1 Å². The average molecular weight is 277 g/mol. The Morgan fingerprint density at radius 1 is 1.40 bits per heavy atom. The Kier molecular flexibility index (Phi) is 5.64. The van der Waals surface area contributed by atoms with Crippen LogP contribution in [0.25, 0.3) is 0 Å². The van der Waals surface area contributed by atoms with Crippen molar-refractivity contribution in [1.29, 1.82) is 0 Å². The van der Waals surface area contributed by atoms with Crippen molar-refractivity contribution in [3.63, 3.8) is 0 Å². The molecule has 0 aliphatic heterocycles. The first-order valence-electron chi connectivity index (χ1n) is 8.36. The lowest BCUT2D eigenvalue weighted by Crippen LogP contribution is -2.35. The van der Waals surface area contributed by atoms with Crippen molar-refractivity contribution in [1.82, 2.24) is 15.1 Å². The Bertz CT molecular complexity index is 397. The van der Waals surface area contributed by atoms with E-state index in [9.17, 15) is 0 Å². The lowest BCUT2D eigenvalue weighted by atomic mass is 9.73. The van der Waals surface area contributed by atoms with Crippen LogP contribution in [-0.4, -0.2) is 22.4 Å².